The van der Waals surface area contributed by atoms with Gasteiger partial charge in [0.05, 0.1) is 17.2 Å². The van der Waals surface area contributed by atoms with E-state index in [9.17, 15) is 4.39 Å². The Labute approximate surface area is 117 Å². The van der Waals surface area contributed by atoms with Crippen LogP contribution >= 0.6 is 34.8 Å². The molecule has 0 fully saturated rings. The monoisotopic (exact) mass is 302 g/mol. The molecule has 0 atom stereocenters. The Balaban J connectivity index is 2.47. The molecule has 2 heterocycles. The molecule has 0 unspecified atom stereocenters. The van der Waals surface area contributed by atoms with Crippen molar-refractivity contribution in [2.45, 2.75) is 3.79 Å². The average Bonchev–Trinajstić information content (AvgIpc) is 2.69. The number of benzene rings is 1. The molecule has 0 aliphatic carbocycles. The number of nitrogens with zero attached hydrogens (tertiary/aromatic N) is 2. The van der Waals surface area contributed by atoms with E-state index in [-0.39, 0.29) is 5.82 Å². The van der Waals surface area contributed by atoms with Gasteiger partial charge in [0.25, 0.3) is 0 Å². The standard InChI is InChI=1S/C12H6Cl3FN2/c13-12(14,15)7-2-1-3-9-11(7)17-6-10-8(16)4-5-18(9)10/h1-6H. The summed E-state index contributed by atoms with van der Waals surface area (Å²) < 4.78 is 13.6. The van der Waals surface area contributed by atoms with Crippen LogP contribution in [0.15, 0.2) is 36.7 Å². The molecule has 1 aromatic carbocycles. The average molecular weight is 304 g/mol. The number of para-hydroxylation sites is 1. The van der Waals surface area contributed by atoms with Gasteiger partial charge in [-0.15, -0.1) is 0 Å². The molecule has 18 heavy (non-hydrogen) atoms. The second-order valence-electron chi connectivity index (χ2n) is 3.85. The molecular formula is C12H6Cl3FN2. The first kappa shape index (κ1) is 12.0. The third-order valence-electron chi connectivity index (χ3n) is 2.77. The third kappa shape index (κ3) is 1.74. The summed E-state index contributed by atoms with van der Waals surface area (Å²) in [5, 5.41) is 0. The number of rotatable bonds is 0. The molecule has 3 aromatic rings. The molecule has 0 amide bonds. The number of hydrogen-bond donors (Lipinski definition) is 0. The summed E-state index contributed by atoms with van der Waals surface area (Å²) in [6.07, 6.45) is 3.05. The maximum atomic E-state index is 13.5. The van der Waals surface area contributed by atoms with Crippen molar-refractivity contribution in [2.75, 3.05) is 0 Å². The van der Waals surface area contributed by atoms with Crippen molar-refractivity contribution in [3.63, 3.8) is 0 Å². The van der Waals surface area contributed by atoms with Crippen LogP contribution in [0.1, 0.15) is 5.56 Å². The van der Waals surface area contributed by atoms with Gasteiger partial charge in [0.2, 0.25) is 3.79 Å². The summed E-state index contributed by atoms with van der Waals surface area (Å²) in [4.78, 5) is 4.19. The quantitative estimate of drug-likeness (QED) is 0.561. The minimum absolute atomic E-state index is 0.330. The van der Waals surface area contributed by atoms with Gasteiger partial charge in [-0.1, -0.05) is 46.9 Å². The highest BCUT2D eigenvalue weighted by atomic mass is 35.6. The third-order valence-corrected chi connectivity index (χ3v) is 3.38. The minimum atomic E-state index is -1.56. The van der Waals surface area contributed by atoms with Gasteiger partial charge < -0.3 is 4.40 Å². The van der Waals surface area contributed by atoms with Crippen molar-refractivity contribution in [3.05, 3.63) is 48.0 Å². The van der Waals surface area contributed by atoms with Crippen molar-refractivity contribution in [2.24, 2.45) is 0 Å². The number of halogens is 4. The molecule has 3 rings (SSSR count). The number of aromatic nitrogens is 2. The van der Waals surface area contributed by atoms with E-state index in [4.69, 9.17) is 34.8 Å². The zero-order valence-corrected chi connectivity index (χ0v) is 11.1. The van der Waals surface area contributed by atoms with Gasteiger partial charge in [0.15, 0.2) is 0 Å². The maximum Gasteiger partial charge on any atom is 0.218 e. The molecule has 6 heteroatoms. The first-order chi connectivity index (χ1) is 8.48. The Morgan fingerprint density at radius 2 is 1.89 bits per heavy atom. The van der Waals surface area contributed by atoms with Crippen molar-refractivity contribution >= 4 is 51.4 Å². The summed E-state index contributed by atoms with van der Waals surface area (Å²) in [5.41, 5.74) is 2.10. The molecule has 0 saturated heterocycles. The molecular weight excluding hydrogens is 298 g/mol. The fourth-order valence-corrected chi connectivity index (χ4v) is 2.43. The molecule has 2 nitrogen and oxygen atoms in total. The van der Waals surface area contributed by atoms with E-state index >= 15 is 0 Å². The zero-order chi connectivity index (χ0) is 12.9. The van der Waals surface area contributed by atoms with Crippen LogP contribution in [-0.4, -0.2) is 9.38 Å². The molecule has 0 bridgehead atoms. The summed E-state index contributed by atoms with van der Waals surface area (Å²) in [7, 11) is 0. The molecule has 92 valence electrons. The van der Waals surface area contributed by atoms with E-state index < -0.39 is 3.79 Å². The van der Waals surface area contributed by atoms with E-state index in [1.165, 1.54) is 12.3 Å². The highest BCUT2D eigenvalue weighted by Crippen LogP contribution is 2.41. The second-order valence-corrected chi connectivity index (χ2v) is 6.13. The molecule has 2 aromatic heterocycles. The number of hydrogen-bond acceptors (Lipinski definition) is 1. The highest BCUT2D eigenvalue weighted by Gasteiger charge is 2.26. The Kier molecular flexibility index (Phi) is 2.66. The number of alkyl halides is 3. The van der Waals surface area contributed by atoms with Crippen molar-refractivity contribution in [3.8, 4) is 0 Å². The van der Waals surface area contributed by atoms with E-state index in [1.54, 1.807) is 28.8 Å². The molecule has 0 aliphatic heterocycles. The fraction of sp³-hybridized carbons (Fsp3) is 0.0833. The van der Waals surface area contributed by atoms with Crippen molar-refractivity contribution < 1.29 is 4.39 Å². The first-order valence-corrected chi connectivity index (χ1v) is 6.23. The van der Waals surface area contributed by atoms with Crippen LogP contribution < -0.4 is 0 Å². The molecule has 0 aliphatic rings. The Bertz CT molecular complexity index is 746. The molecule has 0 radical (unpaired) electrons. The predicted octanol–water partition coefficient (Wildman–Crippen LogP) is 4.45. The summed E-state index contributed by atoms with van der Waals surface area (Å²) in [6.45, 7) is 0. The zero-order valence-electron chi connectivity index (χ0n) is 8.87. The highest BCUT2D eigenvalue weighted by molar-refractivity contribution is 6.67. The predicted molar refractivity (Wildman–Crippen MR) is 71.9 cm³/mol. The van der Waals surface area contributed by atoms with Gasteiger partial charge in [-0.25, -0.2) is 4.39 Å². The van der Waals surface area contributed by atoms with E-state index in [1.807, 2.05) is 0 Å². The summed E-state index contributed by atoms with van der Waals surface area (Å²) >= 11 is 17.7. The first-order valence-electron chi connectivity index (χ1n) is 5.10. The van der Waals surface area contributed by atoms with Crippen LogP contribution in [0.5, 0.6) is 0 Å². The lowest BCUT2D eigenvalue weighted by molar-refractivity contribution is 0.640. The topological polar surface area (TPSA) is 17.3 Å². The Hall–Kier alpha value is -1.03. The van der Waals surface area contributed by atoms with Gasteiger partial charge >= 0.3 is 0 Å². The lowest BCUT2D eigenvalue weighted by Crippen LogP contribution is -2.03. The fourth-order valence-electron chi connectivity index (χ4n) is 1.97. The van der Waals surface area contributed by atoms with Crippen LogP contribution in [0.3, 0.4) is 0 Å². The van der Waals surface area contributed by atoms with Crippen LogP contribution in [-0.2, 0) is 3.79 Å². The minimum Gasteiger partial charge on any atom is -0.311 e. The van der Waals surface area contributed by atoms with E-state index in [0.29, 0.717) is 22.1 Å². The molecule has 0 spiro atoms. The van der Waals surface area contributed by atoms with Gasteiger partial charge in [-0.2, -0.15) is 0 Å². The van der Waals surface area contributed by atoms with Crippen molar-refractivity contribution in [1.29, 1.82) is 0 Å². The SMILES string of the molecule is Fc1ccn2c1cnc1c(C(Cl)(Cl)Cl)cccc12. The second kappa shape index (κ2) is 3.98. The Morgan fingerprint density at radius 1 is 1.11 bits per heavy atom. The normalized spacial score (nSPS) is 12.4. The van der Waals surface area contributed by atoms with E-state index in [0.717, 1.165) is 0 Å². The molecule has 0 N–H and O–H groups in total. The number of fused-ring (bicyclic) bond motifs is 3. The van der Waals surface area contributed by atoms with Crippen LogP contribution in [0, 0.1) is 5.82 Å². The maximum absolute atomic E-state index is 13.5. The summed E-state index contributed by atoms with van der Waals surface area (Å²) in [5.74, 6) is -0.330. The summed E-state index contributed by atoms with van der Waals surface area (Å²) in [6, 6.07) is 6.61. The van der Waals surface area contributed by atoms with Gasteiger partial charge in [-0.3, -0.25) is 4.98 Å². The van der Waals surface area contributed by atoms with Crippen LogP contribution in [0.25, 0.3) is 16.6 Å². The van der Waals surface area contributed by atoms with Crippen LogP contribution in [0.2, 0.25) is 0 Å². The Morgan fingerprint density at radius 3 is 2.61 bits per heavy atom. The van der Waals surface area contributed by atoms with Gasteiger partial charge in [0, 0.05) is 11.8 Å². The van der Waals surface area contributed by atoms with Crippen molar-refractivity contribution in [1.82, 2.24) is 9.38 Å². The lowest BCUT2D eigenvalue weighted by Gasteiger charge is -2.14. The van der Waals surface area contributed by atoms with E-state index in [2.05, 4.69) is 4.98 Å². The lowest BCUT2D eigenvalue weighted by atomic mass is 10.2. The van der Waals surface area contributed by atoms with Gasteiger partial charge in [-0.05, 0) is 12.1 Å². The largest absolute Gasteiger partial charge is 0.311 e. The van der Waals surface area contributed by atoms with Gasteiger partial charge in [0.1, 0.15) is 11.3 Å². The van der Waals surface area contributed by atoms with Crippen LogP contribution in [0.4, 0.5) is 4.39 Å². The smallest absolute Gasteiger partial charge is 0.218 e. The molecule has 0 saturated carbocycles.